The molecule has 1 fully saturated rings. The summed E-state index contributed by atoms with van der Waals surface area (Å²) >= 11 is 0. The monoisotopic (exact) mass is 506 g/mol. The fraction of sp³-hybridized carbons (Fsp3) is 0.737. The van der Waals surface area contributed by atoms with Gasteiger partial charge in [-0.1, -0.05) is 0 Å². The van der Waals surface area contributed by atoms with E-state index in [1.54, 1.807) is 19.0 Å². The van der Waals surface area contributed by atoms with E-state index < -0.39 is 0 Å². The van der Waals surface area contributed by atoms with Crippen molar-refractivity contribution in [3.63, 3.8) is 0 Å². The summed E-state index contributed by atoms with van der Waals surface area (Å²) in [4.78, 5) is 17.9. The zero-order chi connectivity index (χ0) is 20.0. The van der Waals surface area contributed by atoms with Gasteiger partial charge in [0.15, 0.2) is 5.96 Å². The molecule has 1 aromatic rings. The summed E-state index contributed by atoms with van der Waals surface area (Å²) in [6.45, 7) is 7.87. The molecule has 1 saturated heterocycles. The minimum Gasteiger partial charge on any atom is -0.376 e. The minimum atomic E-state index is -0.0279. The number of carbonyl (C=O) groups is 1. The number of halogens is 1. The molecule has 2 rings (SSSR count). The Hall–Kier alpha value is -1.36. The van der Waals surface area contributed by atoms with Crippen LogP contribution in [0, 0.1) is 13.8 Å². The van der Waals surface area contributed by atoms with Crippen molar-refractivity contribution >= 4 is 35.8 Å². The van der Waals surface area contributed by atoms with Crippen LogP contribution in [0.25, 0.3) is 0 Å². The van der Waals surface area contributed by atoms with E-state index in [-0.39, 0.29) is 48.6 Å². The van der Waals surface area contributed by atoms with Crippen LogP contribution < -0.4 is 10.6 Å². The van der Waals surface area contributed by atoms with Crippen molar-refractivity contribution in [3.8, 4) is 0 Å². The summed E-state index contributed by atoms with van der Waals surface area (Å²) in [5.74, 6) is 0.618. The topological polar surface area (TPSA) is 83.8 Å². The number of hydrogen-bond acceptors (Lipinski definition) is 4. The third kappa shape index (κ3) is 7.23. The first-order valence-corrected chi connectivity index (χ1v) is 9.63. The Morgan fingerprint density at radius 1 is 1.43 bits per heavy atom. The maximum atomic E-state index is 11.9. The molecule has 2 atom stereocenters. The van der Waals surface area contributed by atoms with E-state index in [1.165, 1.54) is 11.3 Å². The van der Waals surface area contributed by atoms with E-state index in [2.05, 4.69) is 34.6 Å². The summed E-state index contributed by atoms with van der Waals surface area (Å²) in [6, 6.07) is 0.150. The predicted molar refractivity (Wildman–Crippen MR) is 122 cm³/mol. The highest BCUT2D eigenvalue weighted by molar-refractivity contribution is 14.0. The van der Waals surface area contributed by atoms with E-state index in [0.717, 1.165) is 31.6 Å². The van der Waals surface area contributed by atoms with Crippen molar-refractivity contribution in [3.05, 3.63) is 17.0 Å². The number of ether oxygens (including phenoxy) is 1. The highest BCUT2D eigenvalue weighted by Gasteiger charge is 2.18. The van der Waals surface area contributed by atoms with Gasteiger partial charge in [0.05, 0.1) is 11.8 Å². The quantitative estimate of drug-likeness (QED) is 0.332. The largest absolute Gasteiger partial charge is 0.376 e. The lowest BCUT2D eigenvalue weighted by Gasteiger charge is -2.20. The van der Waals surface area contributed by atoms with E-state index >= 15 is 0 Å². The number of carbonyl (C=O) groups excluding carboxylic acids is 1. The summed E-state index contributed by atoms with van der Waals surface area (Å²) in [6.07, 6.45) is 3.20. The molecule has 28 heavy (non-hydrogen) atoms. The molecule has 2 unspecified atom stereocenters. The van der Waals surface area contributed by atoms with Crippen LogP contribution in [0.1, 0.15) is 36.7 Å². The van der Waals surface area contributed by atoms with E-state index in [9.17, 15) is 4.79 Å². The van der Waals surface area contributed by atoms with Gasteiger partial charge in [0.1, 0.15) is 6.54 Å². The number of nitrogens with one attached hydrogen (secondary N) is 2. The Balaban J connectivity index is 0.00000392. The molecule has 9 heteroatoms. The molecular weight excluding hydrogens is 471 g/mol. The zero-order valence-corrected chi connectivity index (χ0v) is 20.2. The van der Waals surface area contributed by atoms with Crippen LogP contribution in [-0.2, 0) is 23.0 Å². The molecule has 0 aromatic carbocycles. The molecule has 0 saturated carbocycles. The maximum absolute atomic E-state index is 11.9. The fourth-order valence-electron chi connectivity index (χ4n) is 3.16. The van der Waals surface area contributed by atoms with E-state index in [0.29, 0.717) is 12.5 Å². The van der Waals surface area contributed by atoms with Crippen LogP contribution in [0.15, 0.2) is 4.99 Å². The summed E-state index contributed by atoms with van der Waals surface area (Å²) < 4.78 is 7.59. The van der Waals surface area contributed by atoms with Crippen molar-refractivity contribution < 1.29 is 9.53 Å². The van der Waals surface area contributed by atoms with Crippen LogP contribution >= 0.6 is 24.0 Å². The Morgan fingerprint density at radius 2 is 2.14 bits per heavy atom. The van der Waals surface area contributed by atoms with Gasteiger partial charge in [-0.25, -0.2) is 4.99 Å². The van der Waals surface area contributed by atoms with Gasteiger partial charge in [0, 0.05) is 46.0 Å². The maximum Gasteiger partial charge on any atom is 0.243 e. The lowest BCUT2D eigenvalue weighted by Crippen LogP contribution is -2.46. The first kappa shape index (κ1) is 24.7. The lowest BCUT2D eigenvalue weighted by atomic mass is 10.1. The molecular formula is C19H35IN6O2. The Kier molecular flexibility index (Phi) is 10.2. The van der Waals surface area contributed by atoms with Gasteiger partial charge in [0.25, 0.3) is 0 Å². The van der Waals surface area contributed by atoms with Crippen molar-refractivity contribution in [2.75, 3.05) is 33.8 Å². The van der Waals surface area contributed by atoms with Crippen molar-refractivity contribution in [1.82, 2.24) is 25.3 Å². The average molecular weight is 506 g/mol. The standard InChI is InChI=1S/C19H34N6O2.HI/c1-13(10-17-14(2)23-25(6)15(17)3)22-19(21-12-18(26)24(4)5)20-11-16-8-7-9-27-16;/h13,16H,7-12H2,1-6H3,(H2,20,21,22);1H. The molecule has 1 amide bonds. The van der Waals surface area contributed by atoms with Gasteiger partial charge >= 0.3 is 0 Å². The van der Waals surface area contributed by atoms with Gasteiger partial charge in [-0.2, -0.15) is 5.10 Å². The SMILES string of the molecule is Cc1nn(C)c(C)c1CC(C)NC(=NCC(=O)N(C)C)NCC1CCCO1.I. The Bertz CT molecular complexity index is 668. The third-order valence-electron chi connectivity index (χ3n) is 4.94. The molecule has 2 heterocycles. The first-order chi connectivity index (χ1) is 12.8. The molecule has 1 aliphatic heterocycles. The molecule has 2 N–H and O–H groups in total. The van der Waals surface area contributed by atoms with Crippen LogP contribution in [0.5, 0.6) is 0 Å². The van der Waals surface area contributed by atoms with Crippen LogP contribution in [0.3, 0.4) is 0 Å². The van der Waals surface area contributed by atoms with Gasteiger partial charge in [-0.15, -0.1) is 24.0 Å². The van der Waals surface area contributed by atoms with Crippen molar-refractivity contribution in [2.45, 2.75) is 52.2 Å². The second kappa shape index (κ2) is 11.6. The Labute approximate surface area is 185 Å². The Morgan fingerprint density at radius 3 is 2.68 bits per heavy atom. The molecule has 1 aromatic heterocycles. The first-order valence-electron chi connectivity index (χ1n) is 9.63. The zero-order valence-electron chi connectivity index (χ0n) is 17.9. The number of amides is 1. The number of nitrogens with zero attached hydrogens (tertiary/aromatic N) is 4. The number of likely N-dealkylation sites (N-methyl/N-ethyl adjacent to an activating group) is 1. The number of aliphatic imine (C=N–C) groups is 1. The molecule has 0 radical (unpaired) electrons. The fourth-order valence-corrected chi connectivity index (χ4v) is 3.16. The highest BCUT2D eigenvalue weighted by atomic mass is 127. The van der Waals surface area contributed by atoms with Crippen molar-refractivity contribution in [1.29, 1.82) is 0 Å². The van der Waals surface area contributed by atoms with Crippen LogP contribution in [0.4, 0.5) is 0 Å². The normalized spacial score (nSPS) is 17.8. The summed E-state index contributed by atoms with van der Waals surface area (Å²) in [7, 11) is 5.44. The number of aromatic nitrogens is 2. The van der Waals surface area contributed by atoms with Crippen LogP contribution in [0.2, 0.25) is 0 Å². The second-order valence-corrected chi connectivity index (χ2v) is 7.49. The van der Waals surface area contributed by atoms with E-state index in [1.807, 2.05) is 18.7 Å². The second-order valence-electron chi connectivity index (χ2n) is 7.49. The van der Waals surface area contributed by atoms with Crippen LogP contribution in [-0.4, -0.2) is 72.5 Å². The number of guanidine groups is 1. The number of rotatable bonds is 7. The highest BCUT2D eigenvalue weighted by Crippen LogP contribution is 2.14. The molecule has 8 nitrogen and oxygen atoms in total. The summed E-state index contributed by atoms with van der Waals surface area (Å²) in [5.41, 5.74) is 3.48. The van der Waals surface area contributed by atoms with Gasteiger partial charge in [-0.3, -0.25) is 9.48 Å². The van der Waals surface area contributed by atoms with Gasteiger partial charge in [0.2, 0.25) is 5.91 Å². The summed E-state index contributed by atoms with van der Waals surface area (Å²) in [5, 5.41) is 11.2. The number of aryl methyl sites for hydroxylation is 2. The smallest absolute Gasteiger partial charge is 0.243 e. The third-order valence-corrected chi connectivity index (χ3v) is 4.94. The molecule has 0 aliphatic carbocycles. The average Bonchev–Trinajstić information content (AvgIpc) is 3.21. The number of hydrogen-bond donors (Lipinski definition) is 2. The van der Waals surface area contributed by atoms with Gasteiger partial charge in [-0.05, 0) is 45.6 Å². The van der Waals surface area contributed by atoms with E-state index in [4.69, 9.17) is 4.74 Å². The molecule has 1 aliphatic rings. The van der Waals surface area contributed by atoms with Gasteiger partial charge < -0.3 is 20.3 Å². The predicted octanol–water partition coefficient (Wildman–Crippen LogP) is 1.39. The lowest BCUT2D eigenvalue weighted by molar-refractivity contribution is -0.127. The van der Waals surface area contributed by atoms with Crippen molar-refractivity contribution in [2.24, 2.45) is 12.0 Å². The molecule has 0 bridgehead atoms. The molecule has 160 valence electrons. The molecule has 0 spiro atoms. The minimum absolute atomic E-state index is 0.